The van der Waals surface area contributed by atoms with Gasteiger partial charge in [0.2, 0.25) is 0 Å². The van der Waals surface area contributed by atoms with Crippen LogP contribution in [0.2, 0.25) is 0 Å². The number of nitrogens with one attached hydrogen (secondary N) is 1. The van der Waals surface area contributed by atoms with Crippen molar-refractivity contribution < 1.29 is 14.4 Å². The van der Waals surface area contributed by atoms with Crippen molar-refractivity contribution in [2.75, 3.05) is 4.90 Å². The Morgan fingerprint density at radius 1 is 0.923 bits per heavy atom. The van der Waals surface area contributed by atoms with Gasteiger partial charge in [-0.1, -0.05) is 55.8 Å². The molecule has 4 amide bonds. The molecule has 1 aliphatic rings. The maximum atomic E-state index is 12.8. The maximum Gasteiger partial charge on any atom is 0.335 e. The summed E-state index contributed by atoms with van der Waals surface area (Å²) in [7, 11) is 0. The predicted octanol–water partition coefficient (Wildman–Crippen LogP) is 3.78. The quantitative estimate of drug-likeness (QED) is 0.678. The zero-order chi connectivity index (χ0) is 18.8. The summed E-state index contributed by atoms with van der Waals surface area (Å²) >= 11 is 0. The van der Waals surface area contributed by atoms with Gasteiger partial charge in [0.15, 0.2) is 0 Å². The number of urea groups is 1. The van der Waals surface area contributed by atoms with E-state index in [0.717, 1.165) is 16.0 Å². The van der Waals surface area contributed by atoms with Gasteiger partial charge in [-0.2, -0.15) is 0 Å². The van der Waals surface area contributed by atoms with Crippen molar-refractivity contribution >= 4 is 29.6 Å². The number of carbonyl (C=O) groups excluding carboxylic acids is 3. The first-order chi connectivity index (χ1) is 12.4. The lowest BCUT2D eigenvalue weighted by Crippen LogP contribution is -2.54. The number of imide groups is 2. The van der Waals surface area contributed by atoms with E-state index in [1.165, 1.54) is 11.6 Å². The molecule has 0 aliphatic carbocycles. The number of hydrogen-bond donors (Lipinski definition) is 1. The van der Waals surface area contributed by atoms with Crippen LogP contribution in [0.1, 0.15) is 36.5 Å². The van der Waals surface area contributed by atoms with E-state index >= 15 is 0 Å². The molecule has 3 rings (SSSR count). The Balaban J connectivity index is 1.95. The molecule has 1 N–H and O–H groups in total. The highest BCUT2D eigenvalue weighted by Crippen LogP contribution is 2.23. The van der Waals surface area contributed by atoms with Crippen LogP contribution in [0.4, 0.5) is 10.5 Å². The molecule has 1 aliphatic heterocycles. The fourth-order valence-electron chi connectivity index (χ4n) is 2.73. The van der Waals surface area contributed by atoms with E-state index in [1.807, 2.05) is 31.2 Å². The van der Waals surface area contributed by atoms with E-state index in [4.69, 9.17) is 0 Å². The molecule has 0 atom stereocenters. The third-order valence-corrected chi connectivity index (χ3v) is 4.31. The highest BCUT2D eigenvalue weighted by Gasteiger charge is 2.36. The molecule has 5 heteroatoms. The number of nitrogens with zero attached hydrogens (tertiary/aromatic N) is 1. The van der Waals surface area contributed by atoms with E-state index in [2.05, 4.69) is 19.2 Å². The third-order valence-electron chi connectivity index (χ3n) is 4.31. The Kier molecular flexibility index (Phi) is 4.71. The van der Waals surface area contributed by atoms with Gasteiger partial charge in [0.05, 0.1) is 5.69 Å². The van der Waals surface area contributed by atoms with Crippen LogP contribution in [0.5, 0.6) is 0 Å². The van der Waals surface area contributed by atoms with Gasteiger partial charge >= 0.3 is 6.03 Å². The van der Waals surface area contributed by atoms with Crippen LogP contribution in [0, 0.1) is 6.92 Å². The Morgan fingerprint density at radius 3 is 2.12 bits per heavy atom. The molecule has 5 nitrogen and oxygen atoms in total. The molecule has 1 heterocycles. The number of benzene rings is 2. The molecular formula is C21H20N2O3. The van der Waals surface area contributed by atoms with Crippen molar-refractivity contribution in [1.82, 2.24) is 5.32 Å². The molecule has 1 fully saturated rings. The Morgan fingerprint density at radius 2 is 1.54 bits per heavy atom. The van der Waals surface area contributed by atoms with E-state index in [-0.39, 0.29) is 5.57 Å². The van der Waals surface area contributed by atoms with Crippen molar-refractivity contribution in [3.05, 3.63) is 70.8 Å². The number of aryl methyl sites for hydroxylation is 1. The molecule has 1 saturated heterocycles. The van der Waals surface area contributed by atoms with Crippen molar-refractivity contribution in [1.29, 1.82) is 0 Å². The summed E-state index contributed by atoms with van der Waals surface area (Å²) in [6.45, 7) is 6.10. The molecule has 0 aromatic heterocycles. The first-order valence-electron chi connectivity index (χ1n) is 8.45. The van der Waals surface area contributed by atoms with Crippen molar-refractivity contribution in [2.24, 2.45) is 0 Å². The molecular weight excluding hydrogens is 328 g/mol. The molecule has 0 bridgehead atoms. The second-order valence-corrected chi connectivity index (χ2v) is 6.61. The second kappa shape index (κ2) is 6.96. The lowest BCUT2D eigenvalue weighted by Gasteiger charge is -2.26. The standard InChI is InChI=1S/C21H20N2O3/c1-13(2)16-8-6-15(7-9-16)12-18-19(24)22-21(26)23(20(18)25)17-10-4-14(3)5-11-17/h4-13H,1-3H3,(H,22,24,26). The summed E-state index contributed by atoms with van der Waals surface area (Å²) in [5.41, 5.74) is 3.26. The summed E-state index contributed by atoms with van der Waals surface area (Å²) in [6, 6.07) is 13.9. The molecule has 26 heavy (non-hydrogen) atoms. The minimum atomic E-state index is -0.740. The number of barbiturate groups is 1. The van der Waals surface area contributed by atoms with Crippen LogP contribution < -0.4 is 10.2 Å². The fourth-order valence-corrected chi connectivity index (χ4v) is 2.73. The second-order valence-electron chi connectivity index (χ2n) is 6.61. The van der Waals surface area contributed by atoms with Crippen LogP contribution in [0.25, 0.3) is 6.08 Å². The highest BCUT2D eigenvalue weighted by molar-refractivity contribution is 6.39. The molecule has 0 radical (unpaired) electrons. The van der Waals surface area contributed by atoms with Gasteiger partial charge in [-0.15, -0.1) is 0 Å². The number of carbonyl (C=O) groups is 3. The topological polar surface area (TPSA) is 66.5 Å². The average molecular weight is 348 g/mol. The highest BCUT2D eigenvalue weighted by atomic mass is 16.2. The van der Waals surface area contributed by atoms with Gasteiger partial charge < -0.3 is 0 Å². The lowest BCUT2D eigenvalue weighted by atomic mass is 10.0. The maximum absolute atomic E-state index is 12.8. The summed E-state index contributed by atoms with van der Waals surface area (Å²) < 4.78 is 0. The van der Waals surface area contributed by atoms with Crippen LogP contribution in [-0.2, 0) is 9.59 Å². The van der Waals surface area contributed by atoms with E-state index in [9.17, 15) is 14.4 Å². The van der Waals surface area contributed by atoms with Crippen LogP contribution in [-0.4, -0.2) is 17.8 Å². The SMILES string of the molecule is Cc1ccc(N2C(=O)NC(=O)C(=Cc3ccc(C(C)C)cc3)C2=O)cc1. The van der Waals surface area contributed by atoms with Gasteiger partial charge in [-0.05, 0) is 42.2 Å². The molecule has 0 spiro atoms. The molecule has 0 saturated carbocycles. The molecule has 2 aromatic carbocycles. The molecule has 132 valence electrons. The van der Waals surface area contributed by atoms with Gasteiger partial charge in [0.25, 0.3) is 11.8 Å². The smallest absolute Gasteiger partial charge is 0.273 e. The zero-order valence-corrected chi connectivity index (χ0v) is 14.9. The number of amides is 4. The van der Waals surface area contributed by atoms with Crippen LogP contribution in [0.3, 0.4) is 0 Å². The zero-order valence-electron chi connectivity index (χ0n) is 14.9. The Bertz CT molecular complexity index is 894. The first kappa shape index (κ1) is 17.6. The minimum Gasteiger partial charge on any atom is -0.273 e. The molecule has 0 unspecified atom stereocenters. The summed E-state index contributed by atoms with van der Waals surface area (Å²) in [6.07, 6.45) is 1.51. The van der Waals surface area contributed by atoms with Crippen molar-refractivity contribution in [3.8, 4) is 0 Å². The number of rotatable bonds is 3. The number of hydrogen-bond acceptors (Lipinski definition) is 3. The normalized spacial score (nSPS) is 16.4. The van der Waals surface area contributed by atoms with E-state index in [0.29, 0.717) is 11.6 Å². The summed E-state index contributed by atoms with van der Waals surface area (Å²) in [4.78, 5) is 38.1. The van der Waals surface area contributed by atoms with E-state index in [1.54, 1.807) is 24.3 Å². The number of anilines is 1. The van der Waals surface area contributed by atoms with Crippen molar-refractivity contribution in [3.63, 3.8) is 0 Å². The Labute approximate surface area is 152 Å². The monoisotopic (exact) mass is 348 g/mol. The summed E-state index contributed by atoms with van der Waals surface area (Å²) in [5.74, 6) is -0.919. The largest absolute Gasteiger partial charge is 0.335 e. The van der Waals surface area contributed by atoms with E-state index < -0.39 is 17.8 Å². The Hall–Kier alpha value is -3.21. The average Bonchev–Trinajstić information content (AvgIpc) is 2.60. The van der Waals surface area contributed by atoms with Gasteiger partial charge in [0.1, 0.15) is 5.57 Å². The van der Waals surface area contributed by atoms with Gasteiger partial charge in [-0.25, -0.2) is 9.69 Å². The van der Waals surface area contributed by atoms with Crippen LogP contribution >= 0.6 is 0 Å². The van der Waals surface area contributed by atoms with Gasteiger partial charge in [0, 0.05) is 0 Å². The fraction of sp³-hybridized carbons (Fsp3) is 0.190. The predicted molar refractivity (Wildman–Crippen MR) is 101 cm³/mol. The van der Waals surface area contributed by atoms with Crippen LogP contribution in [0.15, 0.2) is 54.1 Å². The molecule has 2 aromatic rings. The third kappa shape index (κ3) is 3.42. The first-order valence-corrected chi connectivity index (χ1v) is 8.45. The van der Waals surface area contributed by atoms with Gasteiger partial charge in [-0.3, -0.25) is 14.9 Å². The summed E-state index contributed by atoms with van der Waals surface area (Å²) in [5, 5.41) is 2.23. The lowest BCUT2D eigenvalue weighted by molar-refractivity contribution is -0.122. The minimum absolute atomic E-state index is 0.0672. The van der Waals surface area contributed by atoms with Crippen molar-refractivity contribution in [2.45, 2.75) is 26.7 Å².